The fourth-order valence-electron chi connectivity index (χ4n) is 0.847. The number of nitrogens with zero attached hydrogens (tertiary/aromatic N) is 3. The van der Waals surface area contributed by atoms with Crippen molar-refractivity contribution in [2.75, 3.05) is 18.6 Å². The van der Waals surface area contributed by atoms with Gasteiger partial charge in [-0.05, 0) is 26.0 Å². The van der Waals surface area contributed by atoms with E-state index in [9.17, 15) is 0 Å². The molecule has 0 aromatic carbocycles. The summed E-state index contributed by atoms with van der Waals surface area (Å²) < 4.78 is 0. The summed E-state index contributed by atoms with van der Waals surface area (Å²) in [6.07, 6.45) is 1.13. The summed E-state index contributed by atoms with van der Waals surface area (Å²) >= 11 is 3.43. The third-order valence-electron chi connectivity index (χ3n) is 1.62. The molecular formula is C11H21N3S2. The maximum atomic E-state index is 4.50. The Bertz CT molecular complexity index is 283. The second-order valence-corrected chi connectivity index (χ2v) is 5.60. The molecule has 0 fully saturated rings. The van der Waals surface area contributed by atoms with Crippen molar-refractivity contribution in [1.82, 2.24) is 0 Å². The van der Waals surface area contributed by atoms with E-state index in [2.05, 4.69) is 28.8 Å². The largest absolute Gasteiger partial charge is 0.274 e. The van der Waals surface area contributed by atoms with Crippen molar-refractivity contribution in [2.45, 2.75) is 34.1 Å². The van der Waals surface area contributed by atoms with E-state index in [-0.39, 0.29) is 0 Å². The highest BCUT2D eigenvalue weighted by molar-refractivity contribution is 8.15. The van der Waals surface area contributed by atoms with Crippen LogP contribution >= 0.6 is 23.5 Å². The summed E-state index contributed by atoms with van der Waals surface area (Å²) in [7, 11) is 1.75. The van der Waals surface area contributed by atoms with Crippen molar-refractivity contribution in [3.05, 3.63) is 0 Å². The number of aliphatic imine (C=N–C) groups is 3. The lowest BCUT2D eigenvalue weighted by atomic mass is 10.6. The van der Waals surface area contributed by atoms with Crippen LogP contribution in [0.25, 0.3) is 0 Å². The minimum absolute atomic E-state index is 0.775. The average molecular weight is 259 g/mol. The van der Waals surface area contributed by atoms with Gasteiger partial charge in [0.2, 0.25) is 0 Å². The molecule has 0 aliphatic carbocycles. The number of hydrogen-bond donors (Lipinski definition) is 0. The summed E-state index contributed by atoms with van der Waals surface area (Å²) in [5.41, 5.74) is 0. The van der Waals surface area contributed by atoms with Gasteiger partial charge in [0.25, 0.3) is 0 Å². The Hall–Kier alpha value is -0.290. The highest BCUT2D eigenvalue weighted by Crippen LogP contribution is 2.11. The fraction of sp³-hybridized carbons (Fsp3) is 0.727. The van der Waals surface area contributed by atoms with Gasteiger partial charge in [0, 0.05) is 12.8 Å². The third kappa shape index (κ3) is 7.93. The molecule has 5 heteroatoms. The molecule has 0 saturated carbocycles. The predicted molar refractivity (Wildman–Crippen MR) is 80.5 cm³/mol. The van der Waals surface area contributed by atoms with Crippen LogP contribution in [0.3, 0.4) is 0 Å². The zero-order chi connectivity index (χ0) is 12.4. The number of rotatable bonds is 3. The molecular weight excluding hydrogens is 238 g/mol. The van der Waals surface area contributed by atoms with Crippen LogP contribution in [-0.2, 0) is 0 Å². The van der Waals surface area contributed by atoms with Crippen LogP contribution in [0.5, 0.6) is 0 Å². The second kappa shape index (κ2) is 9.90. The molecule has 92 valence electrons. The molecule has 16 heavy (non-hydrogen) atoms. The van der Waals surface area contributed by atoms with Gasteiger partial charge in [-0.15, -0.1) is 11.8 Å². The van der Waals surface area contributed by atoms with Gasteiger partial charge >= 0.3 is 0 Å². The van der Waals surface area contributed by atoms with Gasteiger partial charge in [0.1, 0.15) is 5.84 Å². The van der Waals surface area contributed by atoms with E-state index in [1.54, 1.807) is 30.6 Å². The summed E-state index contributed by atoms with van der Waals surface area (Å²) in [5.74, 6) is 2.86. The molecule has 0 rings (SSSR count). The van der Waals surface area contributed by atoms with E-state index >= 15 is 0 Å². The first-order chi connectivity index (χ1) is 7.63. The van der Waals surface area contributed by atoms with E-state index < -0.39 is 0 Å². The quantitative estimate of drug-likeness (QED) is 0.572. The Balaban J connectivity index is 4.66. The molecule has 0 spiro atoms. The minimum Gasteiger partial charge on any atom is -0.274 e. The minimum atomic E-state index is 0.775. The first-order valence-electron chi connectivity index (χ1n) is 5.47. The zero-order valence-electron chi connectivity index (χ0n) is 10.8. The third-order valence-corrected chi connectivity index (χ3v) is 3.47. The maximum absolute atomic E-state index is 4.50. The van der Waals surface area contributed by atoms with Crippen LogP contribution in [0, 0.1) is 0 Å². The van der Waals surface area contributed by atoms with Gasteiger partial charge in [-0.25, -0.2) is 9.98 Å². The van der Waals surface area contributed by atoms with Gasteiger partial charge in [-0.1, -0.05) is 25.6 Å². The molecule has 0 N–H and O–H groups in total. The zero-order valence-corrected chi connectivity index (χ0v) is 12.4. The molecule has 0 aliphatic rings. The lowest BCUT2D eigenvalue weighted by Crippen LogP contribution is -1.98. The van der Waals surface area contributed by atoms with Crippen LogP contribution in [0.2, 0.25) is 0 Å². The van der Waals surface area contributed by atoms with Crippen LogP contribution in [0.1, 0.15) is 34.1 Å². The number of hydrogen-bond acceptors (Lipinski definition) is 3. The van der Waals surface area contributed by atoms with Crippen LogP contribution in [0.4, 0.5) is 0 Å². The second-order valence-electron chi connectivity index (χ2n) is 3.08. The maximum Gasteiger partial charge on any atom is 0.189 e. The molecule has 0 atom stereocenters. The lowest BCUT2D eigenvalue weighted by molar-refractivity contribution is 1.11. The monoisotopic (exact) mass is 259 g/mol. The van der Waals surface area contributed by atoms with Crippen molar-refractivity contribution in [3.63, 3.8) is 0 Å². The van der Waals surface area contributed by atoms with Gasteiger partial charge in [-0.2, -0.15) is 0 Å². The van der Waals surface area contributed by atoms with E-state index in [1.807, 2.05) is 13.8 Å². The van der Waals surface area contributed by atoms with Crippen LogP contribution in [0.15, 0.2) is 15.0 Å². The Labute approximate surface area is 107 Å². The smallest absolute Gasteiger partial charge is 0.189 e. The molecule has 0 amide bonds. The van der Waals surface area contributed by atoms with Crippen molar-refractivity contribution in [1.29, 1.82) is 0 Å². The SMILES string of the molecule is CCCSC(/N=C(\C)SCC)=N/C(C)=N/C. The molecule has 0 heterocycles. The van der Waals surface area contributed by atoms with Crippen LogP contribution in [-0.4, -0.2) is 34.6 Å². The normalized spacial score (nSPS) is 14.4. The van der Waals surface area contributed by atoms with Crippen molar-refractivity contribution in [3.8, 4) is 0 Å². The number of thioether (sulfide) groups is 2. The van der Waals surface area contributed by atoms with Crippen molar-refractivity contribution < 1.29 is 0 Å². The predicted octanol–water partition coefficient (Wildman–Crippen LogP) is 3.71. The number of amidine groups is 2. The lowest BCUT2D eigenvalue weighted by Gasteiger charge is -2.02. The molecule has 0 aliphatic heterocycles. The first kappa shape index (κ1) is 15.7. The Morgan fingerprint density at radius 1 is 1.06 bits per heavy atom. The van der Waals surface area contributed by atoms with E-state index in [4.69, 9.17) is 0 Å². The Kier molecular flexibility index (Phi) is 9.72. The highest BCUT2D eigenvalue weighted by atomic mass is 32.2. The van der Waals surface area contributed by atoms with Gasteiger partial charge < -0.3 is 0 Å². The first-order valence-corrected chi connectivity index (χ1v) is 7.44. The Morgan fingerprint density at radius 2 is 1.75 bits per heavy atom. The average Bonchev–Trinajstić information content (AvgIpc) is 2.26. The van der Waals surface area contributed by atoms with Crippen LogP contribution < -0.4 is 0 Å². The molecule has 3 nitrogen and oxygen atoms in total. The van der Waals surface area contributed by atoms with Gasteiger partial charge in [-0.3, -0.25) is 4.99 Å². The molecule has 0 saturated heterocycles. The topological polar surface area (TPSA) is 37.1 Å². The summed E-state index contributed by atoms with van der Waals surface area (Å²) in [6, 6.07) is 0. The van der Waals surface area contributed by atoms with E-state index in [0.717, 1.165) is 34.0 Å². The Morgan fingerprint density at radius 3 is 2.25 bits per heavy atom. The summed E-state index contributed by atoms with van der Waals surface area (Å²) in [4.78, 5) is 12.9. The fourth-order valence-corrected chi connectivity index (χ4v) is 2.26. The molecule has 0 aromatic rings. The highest BCUT2D eigenvalue weighted by Gasteiger charge is 2.00. The molecule has 0 radical (unpaired) electrons. The summed E-state index contributed by atoms with van der Waals surface area (Å²) in [6.45, 7) is 8.19. The van der Waals surface area contributed by atoms with Gasteiger partial charge in [0.05, 0.1) is 5.04 Å². The molecule has 0 unspecified atom stereocenters. The van der Waals surface area contributed by atoms with E-state index in [1.165, 1.54) is 0 Å². The molecule has 0 aromatic heterocycles. The van der Waals surface area contributed by atoms with Gasteiger partial charge in [0.15, 0.2) is 5.17 Å². The standard InChI is InChI=1S/C11H21N3S2/c1-6-8-16-11(13-9(3)12-5)14-10(4)15-7-2/h6-8H2,1-5H3/b12-9+,13-11+,14-10+. The molecule has 0 bridgehead atoms. The summed E-state index contributed by atoms with van der Waals surface area (Å²) in [5, 5.41) is 1.89. The van der Waals surface area contributed by atoms with E-state index in [0.29, 0.717) is 0 Å². The van der Waals surface area contributed by atoms with Crippen molar-refractivity contribution >= 4 is 39.6 Å². The van der Waals surface area contributed by atoms with Crippen molar-refractivity contribution in [2.24, 2.45) is 15.0 Å².